The van der Waals surface area contributed by atoms with E-state index in [0.717, 1.165) is 38.4 Å². The van der Waals surface area contributed by atoms with Crippen LogP contribution in [0.5, 0.6) is 0 Å². The highest BCUT2D eigenvalue weighted by molar-refractivity contribution is 5.86. The van der Waals surface area contributed by atoms with Crippen LogP contribution < -0.4 is 10.6 Å². The minimum absolute atomic E-state index is 0.00415. The maximum Gasteiger partial charge on any atom is 0.234 e. The van der Waals surface area contributed by atoms with Crippen molar-refractivity contribution in [1.82, 2.24) is 15.5 Å². The molecule has 0 saturated carbocycles. The Hall–Kier alpha value is -2.73. The Morgan fingerprint density at radius 2 is 1.68 bits per heavy atom. The molecule has 3 aromatic rings. The average Bonchev–Trinajstić information content (AvgIpc) is 2.82. The number of carbonyl (C=O) groups is 1. The van der Waals surface area contributed by atoms with E-state index in [-0.39, 0.29) is 11.9 Å². The second-order valence-electron chi connectivity index (χ2n) is 8.15. The highest BCUT2D eigenvalue weighted by Gasteiger charge is 2.12. The Balaban J connectivity index is 1.23. The molecule has 4 rings (SSSR count). The first-order valence-electron chi connectivity index (χ1n) is 11.0. The van der Waals surface area contributed by atoms with E-state index < -0.39 is 0 Å². The molecule has 162 valence electrons. The van der Waals surface area contributed by atoms with Crippen LogP contribution in [0.4, 0.5) is 0 Å². The van der Waals surface area contributed by atoms with Crippen LogP contribution in [0.15, 0.2) is 66.7 Å². The zero-order valence-corrected chi connectivity index (χ0v) is 18.1. The van der Waals surface area contributed by atoms with Gasteiger partial charge in [-0.15, -0.1) is 0 Å². The van der Waals surface area contributed by atoms with Gasteiger partial charge in [0.15, 0.2) is 0 Å². The lowest BCUT2D eigenvalue weighted by atomic mass is 10.00. The number of hydrogen-bond acceptors (Lipinski definition) is 4. The highest BCUT2D eigenvalue weighted by Crippen LogP contribution is 2.23. The molecule has 0 unspecified atom stereocenters. The predicted molar refractivity (Wildman–Crippen MR) is 125 cm³/mol. The summed E-state index contributed by atoms with van der Waals surface area (Å²) in [5, 5.41) is 8.81. The van der Waals surface area contributed by atoms with Crippen molar-refractivity contribution in [2.24, 2.45) is 0 Å². The number of benzene rings is 3. The van der Waals surface area contributed by atoms with Gasteiger partial charge >= 0.3 is 0 Å². The zero-order chi connectivity index (χ0) is 21.5. The Labute approximate surface area is 184 Å². The summed E-state index contributed by atoms with van der Waals surface area (Å²) in [6.45, 7) is 7.49. The zero-order valence-electron chi connectivity index (χ0n) is 18.1. The van der Waals surface area contributed by atoms with E-state index in [1.165, 1.54) is 21.9 Å². The minimum atomic E-state index is 0.00415. The third-order valence-corrected chi connectivity index (χ3v) is 5.88. The maximum absolute atomic E-state index is 12.4. The third kappa shape index (κ3) is 5.91. The molecule has 1 amide bonds. The molecule has 2 N–H and O–H groups in total. The van der Waals surface area contributed by atoms with Gasteiger partial charge in [0.05, 0.1) is 19.8 Å². The van der Waals surface area contributed by atoms with Gasteiger partial charge in [-0.3, -0.25) is 9.69 Å². The lowest BCUT2D eigenvalue weighted by Gasteiger charge is -2.26. The monoisotopic (exact) mass is 417 g/mol. The Morgan fingerprint density at radius 3 is 2.48 bits per heavy atom. The van der Waals surface area contributed by atoms with Crippen molar-refractivity contribution >= 4 is 16.7 Å². The molecule has 0 radical (unpaired) electrons. The lowest BCUT2D eigenvalue weighted by molar-refractivity contribution is -0.120. The molecule has 0 spiro atoms. The topological polar surface area (TPSA) is 53.6 Å². The van der Waals surface area contributed by atoms with Crippen molar-refractivity contribution in [3.8, 4) is 0 Å². The normalized spacial score (nSPS) is 15.6. The number of ether oxygens (including phenoxy) is 1. The number of fused-ring (bicyclic) bond motifs is 1. The number of amides is 1. The minimum Gasteiger partial charge on any atom is -0.379 e. The van der Waals surface area contributed by atoms with E-state index in [0.29, 0.717) is 13.1 Å². The van der Waals surface area contributed by atoms with Gasteiger partial charge in [0.25, 0.3) is 0 Å². The largest absolute Gasteiger partial charge is 0.379 e. The molecule has 3 aromatic carbocycles. The van der Waals surface area contributed by atoms with E-state index >= 15 is 0 Å². The van der Waals surface area contributed by atoms with Gasteiger partial charge in [-0.1, -0.05) is 66.7 Å². The molecule has 1 fully saturated rings. The van der Waals surface area contributed by atoms with Crippen LogP contribution >= 0.6 is 0 Å². The summed E-state index contributed by atoms with van der Waals surface area (Å²) in [7, 11) is 0. The Bertz CT molecular complexity index is 992. The molecule has 5 nitrogen and oxygen atoms in total. The van der Waals surface area contributed by atoms with Crippen molar-refractivity contribution < 1.29 is 9.53 Å². The number of nitrogens with one attached hydrogen (secondary N) is 2. The van der Waals surface area contributed by atoms with Crippen LogP contribution in [0.25, 0.3) is 10.8 Å². The molecular weight excluding hydrogens is 386 g/mol. The molecule has 5 heteroatoms. The van der Waals surface area contributed by atoms with Crippen LogP contribution in [0.3, 0.4) is 0 Å². The Kier molecular flexibility index (Phi) is 7.30. The highest BCUT2D eigenvalue weighted by atomic mass is 16.5. The van der Waals surface area contributed by atoms with Gasteiger partial charge in [-0.25, -0.2) is 0 Å². The number of hydrogen-bond donors (Lipinski definition) is 2. The number of carbonyl (C=O) groups excluding carboxylic acids is 1. The fourth-order valence-electron chi connectivity index (χ4n) is 4.03. The van der Waals surface area contributed by atoms with E-state index in [2.05, 4.69) is 83.1 Å². The maximum atomic E-state index is 12.4. The van der Waals surface area contributed by atoms with Crippen LogP contribution in [-0.2, 0) is 22.6 Å². The van der Waals surface area contributed by atoms with E-state index in [1.54, 1.807) is 0 Å². The summed E-state index contributed by atoms with van der Waals surface area (Å²) in [4.78, 5) is 14.8. The molecule has 0 aliphatic carbocycles. The molecule has 1 heterocycles. The predicted octanol–water partition coefficient (Wildman–Crippen LogP) is 3.64. The molecule has 0 aromatic heterocycles. The van der Waals surface area contributed by atoms with Crippen molar-refractivity contribution in [1.29, 1.82) is 0 Å². The van der Waals surface area contributed by atoms with Gasteiger partial charge < -0.3 is 15.4 Å². The summed E-state index contributed by atoms with van der Waals surface area (Å²) >= 11 is 0. The molecule has 31 heavy (non-hydrogen) atoms. The van der Waals surface area contributed by atoms with Crippen molar-refractivity contribution in [2.75, 3.05) is 32.8 Å². The van der Waals surface area contributed by atoms with Crippen molar-refractivity contribution in [3.05, 3.63) is 83.4 Å². The molecule has 1 aliphatic rings. The summed E-state index contributed by atoms with van der Waals surface area (Å²) in [6.07, 6.45) is 0. The van der Waals surface area contributed by atoms with Gasteiger partial charge in [0, 0.05) is 32.2 Å². The first-order valence-corrected chi connectivity index (χ1v) is 11.0. The fourth-order valence-corrected chi connectivity index (χ4v) is 4.03. The second-order valence-corrected chi connectivity index (χ2v) is 8.15. The lowest BCUT2D eigenvalue weighted by Crippen LogP contribution is -2.35. The molecule has 0 bridgehead atoms. The van der Waals surface area contributed by atoms with E-state index in [4.69, 9.17) is 4.74 Å². The first kappa shape index (κ1) is 21.5. The van der Waals surface area contributed by atoms with Crippen LogP contribution in [0.1, 0.15) is 29.7 Å². The van der Waals surface area contributed by atoms with Crippen molar-refractivity contribution in [2.45, 2.75) is 26.1 Å². The fraction of sp³-hybridized carbons (Fsp3) is 0.346. The summed E-state index contributed by atoms with van der Waals surface area (Å²) in [6, 6.07) is 23.2. The summed E-state index contributed by atoms with van der Waals surface area (Å²) in [5.74, 6) is 0.00415. The van der Waals surface area contributed by atoms with Crippen LogP contribution in [0, 0.1) is 0 Å². The molecule has 1 atom stereocenters. The van der Waals surface area contributed by atoms with E-state index in [1.807, 2.05) is 6.07 Å². The average molecular weight is 418 g/mol. The smallest absolute Gasteiger partial charge is 0.234 e. The second kappa shape index (κ2) is 10.5. The van der Waals surface area contributed by atoms with Crippen LogP contribution in [-0.4, -0.2) is 43.7 Å². The summed E-state index contributed by atoms with van der Waals surface area (Å²) < 4.78 is 5.40. The first-order chi connectivity index (χ1) is 15.2. The molecular formula is C26H31N3O2. The Morgan fingerprint density at radius 1 is 0.968 bits per heavy atom. The molecule has 1 aliphatic heterocycles. The third-order valence-electron chi connectivity index (χ3n) is 5.88. The van der Waals surface area contributed by atoms with Gasteiger partial charge in [0.1, 0.15) is 0 Å². The van der Waals surface area contributed by atoms with Gasteiger partial charge in [-0.2, -0.15) is 0 Å². The number of nitrogens with zero attached hydrogens (tertiary/aromatic N) is 1. The van der Waals surface area contributed by atoms with Crippen molar-refractivity contribution in [3.63, 3.8) is 0 Å². The number of rotatable bonds is 8. The van der Waals surface area contributed by atoms with Crippen LogP contribution in [0.2, 0.25) is 0 Å². The molecule has 1 saturated heterocycles. The van der Waals surface area contributed by atoms with Gasteiger partial charge in [0.2, 0.25) is 5.91 Å². The van der Waals surface area contributed by atoms with E-state index in [9.17, 15) is 4.79 Å². The summed E-state index contributed by atoms with van der Waals surface area (Å²) in [5.41, 5.74) is 3.62. The SMILES string of the molecule is C[C@H](NCC(=O)NCc1ccc(CN2CCOCC2)cc1)c1cccc2ccccc12. The standard InChI is InChI=1S/C26H31N3O2/c1-20(24-8-4-6-23-5-2-3-7-25(23)24)27-18-26(30)28-17-21-9-11-22(12-10-21)19-29-13-15-31-16-14-29/h2-12,20,27H,13-19H2,1H3,(H,28,30)/t20-/m0/s1. The number of morpholine rings is 1. The quantitative estimate of drug-likeness (QED) is 0.588. The van der Waals surface area contributed by atoms with Gasteiger partial charge in [-0.05, 0) is 34.4 Å².